The average Bonchev–Trinajstić information content (AvgIpc) is 2.38. The lowest BCUT2D eigenvalue weighted by atomic mass is 10.1. The maximum atomic E-state index is 9.77. The van der Waals surface area contributed by atoms with Crippen LogP contribution in [0.2, 0.25) is 0 Å². The SMILES string of the molecule is CCCc1ccc(OCC(O)CNCC(C)C)cc1. The lowest BCUT2D eigenvalue weighted by Crippen LogP contribution is -2.33. The van der Waals surface area contributed by atoms with Gasteiger partial charge in [-0.15, -0.1) is 0 Å². The van der Waals surface area contributed by atoms with Gasteiger partial charge in [-0.2, -0.15) is 0 Å². The minimum absolute atomic E-state index is 0.332. The minimum Gasteiger partial charge on any atom is -0.491 e. The van der Waals surface area contributed by atoms with Crippen LogP contribution in [0.15, 0.2) is 24.3 Å². The van der Waals surface area contributed by atoms with Gasteiger partial charge in [0.15, 0.2) is 0 Å². The third-order valence-electron chi connectivity index (χ3n) is 2.84. The lowest BCUT2D eigenvalue weighted by Gasteiger charge is -2.14. The quantitative estimate of drug-likeness (QED) is 0.721. The summed E-state index contributed by atoms with van der Waals surface area (Å²) >= 11 is 0. The number of rotatable bonds is 9. The lowest BCUT2D eigenvalue weighted by molar-refractivity contribution is 0.106. The fourth-order valence-electron chi connectivity index (χ4n) is 1.83. The van der Waals surface area contributed by atoms with E-state index >= 15 is 0 Å². The Kier molecular flexibility index (Phi) is 7.53. The molecular formula is C16H27NO2. The predicted molar refractivity (Wildman–Crippen MR) is 79.6 cm³/mol. The van der Waals surface area contributed by atoms with Crippen molar-refractivity contribution in [2.24, 2.45) is 5.92 Å². The standard InChI is InChI=1S/C16H27NO2/c1-4-5-14-6-8-16(9-7-14)19-12-15(18)11-17-10-13(2)3/h6-9,13,15,17-18H,4-5,10-12H2,1-3H3. The molecule has 1 aromatic rings. The molecule has 0 bridgehead atoms. The van der Waals surface area contributed by atoms with E-state index in [0.29, 0.717) is 19.1 Å². The number of nitrogens with one attached hydrogen (secondary N) is 1. The van der Waals surface area contributed by atoms with Crippen LogP contribution in [-0.4, -0.2) is 30.9 Å². The van der Waals surface area contributed by atoms with Crippen molar-refractivity contribution in [2.75, 3.05) is 19.7 Å². The summed E-state index contributed by atoms with van der Waals surface area (Å²) in [6.45, 7) is 8.29. The van der Waals surface area contributed by atoms with E-state index < -0.39 is 6.10 Å². The molecule has 0 aliphatic rings. The number of benzene rings is 1. The highest BCUT2D eigenvalue weighted by molar-refractivity contribution is 5.27. The Morgan fingerprint density at radius 2 is 1.84 bits per heavy atom. The molecule has 1 unspecified atom stereocenters. The predicted octanol–water partition coefficient (Wildman–Crippen LogP) is 2.62. The molecule has 0 aromatic heterocycles. The fraction of sp³-hybridized carbons (Fsp3) is 0.625. The van der Waals surface area contributed by atoms with Crippen molar-refractivity contribution in [1.29, 1.82) is 0 Å². The van der Waals surface area contributed by atoms with E-state index in [4.69, 9.17) is 4.74 Å². The summed E-state index contributed by atoms with van der Waals surface area (Å²) in [6, 6.07) is 8.11. The van der Waals surface area contributed by atoms with Gasteiger partial charge in [0.2, 0.25) is 0 Å². The van der Waals surface area contributed by atoms with Crippen molar-refractivity contribution in [3.8, 4) is 5.75 Å². The molecule has 1 rings (SSSR count). The zero-order valence-corrected chi connectivity index (χ0v) is 12.4. The van der Waals surface area contributed by atoms with Crippen LogP contribution < -0.4 is 10.1 Å². The second-order valence-electron chi connectivity index (χ2n) is 5.41. The van der Waals surface area contributed by atoms with Crippen LogP contribution in [-0.2, 0) is 6.42 Å². The molecular weight excluding hydrogens is 238 g/mol. The Morgan fingerprint density at radius 1 is 1.16 bits per heavy atom. The highest BCUT2D eigenvalue weighted by atomic mass is 16.5. The summed E-state index contributed by atoms with van der Waals surface area (Å²) in [7, 11) is 0. The molecule has 0 radical (unpaired) electrons. The molecule has 2 N–H and O–H groups in total. The second-order valence-corrected chi connectivity index (χ2v) is 5.41. The molecule has 0 aliphatic heterocycles. The Bertz CT molecular complexity index is 335. The monoisotopic (exact) mass is 265 g/mol. The van der Waals surface area contributed by atoms with E-state index in [1.54, 1.807) is 0 Å². The zero-order chi connectivity index (χ0) is 14.1. The third kappa shape index (κ3) is 7.19. The molecule has 3 nitrogen and oxygen atoms in total. The summed E-state index contributed by atoms with van der Waals surface area (Å²) in [5.74, 6) is 1.42. The third-order valence-corrected chi connectivity index (χ3v) is 2.84. The van der Waals surface area contributed by atoms with Gasteiger partial charge < -0.3 is 15.2 Å². The minimum atomic E-state index is -0.464. The molecule has 0 saturated heterocycles. The normalized spacial score (nSPS) is 12.7. The van der Waals surface area contributed by atoms with Crippen molar-refractivity contribution >= 4 is 0 Å². The van der Waals surface area contributed by atoms with E-state index in [-0.39, 0.29) is 0 Å². The topological polar surface area (TPSA) is 41.5 Å². The Labute approximate surface area is 117 Å². The van der Waals surface area contributed by atoms with Gasteiger partial charge in [-0.1, -0.05) is 39.3 Å². The molecule has 0 saturated carbocycles. The highest BCUT2D eigenvalue weighted by Gasteiger charge is 2.05. The summed E-state index contributed by atoms with van der Waals surface area (Å²) in [5.41, 5.74) is 1.33. The van der Waals surface area contributed by atoms with E-state index in [1.807, 2.05) is 12.1 Å². The molecule has 0 fully saturated rings. The Balaban J connectivity index is 2.23. The Hall–Kier alpha value is -1.06. The van der Waals surface area contributed by atoms with E-state index in [2.05, 4.69) is 38.2 Å². The van der Waals surface area contributed by atoms with Crippen LogP contribution >= 0.6 is 0 Å². The first-order chi connectivity index (χ1) is 9.11. The van der Waals surface area contributed by atoms with Crippen molar-refractivity contribution in [3.05, 3.63) is 29.8 Å². The number of hydrogen-bond acceptors (Lipinski definition) is 3. The molecule has 108 valence electrons. The maximum absolute atomic E-state index is 9.77. The van der Waals surface area contributed by atoms with E-state index in [1.165, 1.54) is 5.56 Å². The van der Waals surface area contributed by atoms with Crippen molar-refractivity contribution in [1.82, 2.24) is 5.32 Å². The van der Waals surface area contributed by atoms with Gasteiger partial charge in [0.25, 0.3) is 0 Å². The van der Waals surface area contributed by atoms with Crippen LogP contribution in [0.4, 0.5) is 0 Å². The van der Waals surface area contributed by atoms with E-state index in [9.17, 15) is 5.11 Å². The molecule has 3 heteroatoms. The molecule has 0 spiro atoms. The van der Waals surface area contributed by atoms with Crippen molar-refractivity contribution < 1.29 is 9.84 Å². The van der Waals surface area contributed by atoms with Gasteiger partial charge in [-0.25, -0.2) is 0 Å². The molecule has 1 atom stereocenters. The smallest absolute Gasteiger partial charge is 0.119 e. The van der Waals surface area contributed by atoms with Crippen LogP contribution in [0.1, 0.15) is 32.8 Å². The second kappa shape index (κ2) is 8.94. The van der Waals surface area contributed by atoms with Gasteiger partial charge in [-0.3, -0.25) is 0 Å². The molecule has 19 heavy (non-hydrogen) atoms. The van der Waals surface area contributed by atoms with Gasteiger partial charge >= 0.3 is 0 Å². The number of aryl methyl sites for hydroxylation is 1. The van der Waals surface area contributed by atoms with Crippen molar-refractivity contribution in [3.63, 3.8) is 0 Å². The van der Waals surface area contributed by atoms with Gasteiger partial charge in [0, 0.05) is 6.54 Å². The number of aliphatic hydroxyl groups is 1. The summed E-state index contributed by atoms with van der Waals surface area (Å²) < 4.78 is 5.57. The molecule has 0 aliphatic carbocycles. The first-order valence-electron chi connectivity index (χ1n) is 7.22. The zero-order valence-electron chi connectivity index (χ0n) is 12.4. The average molecular weight is 265 g/mol. The number of hydrogen-bond donors (Lipinski definition) is 2. The maximum Gasteiger partial charge on any atom is 0.119 e. The summed E-state index contributed by atoms with van der Waals surface area (Å²) in [4.78, 5) is 0. The van der Waals surface area contributed by atoms with Crippen LogP contribution in [0.5, 0.6) is 5.75 Å². The number of ether oxygens (including phenoxy) is 1. The number of aliphatic hydroxyl groups excluding tert-OH is 1. The molecule has 1 aromatic carbocycles. The summed E-state index contributed by atoms with van der Waals surface area (Å²) in [5, 5.41) is 13.0. The fourth-order valence-corrected chi connectivity index (χ4v) is 1.83. The van der Waals surface area contributed by atoms with Gasteiger partial charge in [0.1, 0.15) is 18.5 Å². The summed E-state index contributed by atoms with van der Waals surface area (Å²) in [6.07, 6.45) is 1.79. The van der Waals surface area contributed by atoms with E-state index in [0.717, 1.165) is 25.1 Å². The largest absolute Gasteiger partial charge is 0.491 e. The van der Waals surface area contributed by atoms with Crippen molar-refractivity contribution in [2.45, 2.75) is 39.7 Å². The highest BCUT2D eigenvalue weighted by Crippen LogP contribution is 2.13. The van der Waals surface area contributed by atoms with Crippen LogP contribution in [0.3, 0.4) is 0 Å². The molecule has 0 heterocycles. The first-order valence-corrected chi connectivity index (χ1v) is 7.22. The first kappa shape index (κ1) is 16.0. The van der Waals surface area contributed by atoms with Crippen LogP contribution in [0, 0.1) is 5.92 Å². The Morgan fingerprint density at radius 3 is 2.42 bits per heavy atom. The van der Waals surface area contributed by atoms with Crippen LogP contribution in [0.25, 0.3) is 0 Å². The molecule has 0 amide bonds. The van der Waals surface area contributed by atoms with Gasteiger partial charge in [-0.05, 0) is 36.6 Å². The van der Waals surface area contributed by atoms with Gasteiger partial charge in [0.05, 0.1) is 0 Å².